The lowest BCUT2D eigenvalue weighted by Gasteiger charge is -1.99. The first-order valence-corrected chi connectivity index (χ1v) is 7.05. The van der Waals surface area contributed by atoms with E-state index in [2.05, 4.69) is 4.98 Å². The number of H-pyrrole nitrogens is 1. The third-order valence-corrected chi connectivity index (χ3v) is 3.60. The van der Waals surface area contributed by atoms with Crippen LogP contribution in [0.1, 0.15) is 21.5 Å². The van der Waals surface area contributed by atoms with Crippen molar-refractivity contribution < 1.29 is 9.18 Å². The molecule has 1 aromatic heterocycles. The molecule has 5 heteroatoms. The number of nitriles is 2. The molecular weight excluding hydrogens is 305 g/mol. The molecule has 0 spiro atoms. The molecule has 1 heterocycles. The van der Waals surface area contributed by atoms with E-state index in [9.17, 15) is 14.4 Å². The molecule has 0 aliphatic heterocycles. The van der Waals surface area contributed by atoms with Crippen LogP contribution in [0, 0.1) is 28.5 Å². The van der Waals surface area contributed by atoms with Gasteiger partial charge < -0.3 is 4.98 Å². The lowest BCUT2D eigenvalue weighted by atomic mass is 10.0. The van der Waals surface area contributed by atoms with E-state index in [0.29, 0.717) is 27.6 Å². The Hall–Kier alpha value is -3.70. The molecule has 1 N–H and O–H groups in total. The highest BCUT2D eigenvalue weighted by Crippen LogP contribution is 2.22. The minimum atomic E-state index is -0.445. The van der Waals surface area contributed by atoms with Gasteiger partial charge in [0.05, 0.1) is 11.6 Å². The molecule has 0 unspecified atom stereocenters. The number of nitrogens with one attached hydrogen (secondary N) is 1. The lowest BCUT2D eigenvalue weighted by Crippen LogP contribution is -2.01. The van der Waals surface area contributed by atoms with Gasteiger partial charge in [-0.15, -0.1) is 0 Å². The van der Waals surface area contributed by atoms with E-state index in [-0.39, 0.29) is 5.57 Å². The fourth-order valence-electron chi connectivity index (χ4n) is 2.40. The molecule has 114 valence electrons. The normalized spacial score (nSPS) is 11.0. The number of benzene rings is 2. The topological polar surface area (TPSA) is 80.4 Å². The molecule has 2 aromatic carbocycles. The molecule has 0 amide bonds. The summed E-state index contributed by atoms with van der Waals surface area (Å²) < 4.78 is 13.2. The van der Waals surface area contributed by atoms with Gasteiger partial charge in [-0.2, -0.15) is 10.5 Å². The van der Waals surface area contributed by atoms with E-state index in [0.717, 1.165) is 0 Å². The van der Waals surface area contributed by atoms with Crippen molar-refractivity contribution in [3.05, 3.63) is 76.7 Å². The van der Waals surface area contributed by atoms with Crippen LogP contribution in [-0.2, 0) is 0 Å². The maximum absolute atomic E-state index is 13.2. The van der Waals surface area contributed by atoms with Crippen molar-refractivity contribution in [3.8, 4) is 12.1 Å². The molecule has 0 aliphatic rings. The third-order valence-electron chi connectivity index (χ3n) is 3.60. The molecule has 0 radical (unpaired) electrons. The number of hydrogen-bond donors (Lipinski definition) is 1. The molecular formula is C19H10FN3O. The predicted molar refractivity (Wildman–Crippen MR) is 87.3 cm³/mol. The molecule has 0 bridgehead atoms. The van der Waals surface area contributed by atoms with E-state index in [1.807, 2.05) is 12.1 Å². The predicted octanol–water partition coefficient (Wildman–Crippen LogP) is 3.97. The first-order valence-electron chi connectivity index (χ1n) is 7.05. The van der Waals surface area contributed by atoms with Crippen LogP contribution < -0.4 is 0 Å². The number of carbonyl (C=O) groups is 1. The highest BCUT2D eigenvalue weighted by atomic mass is 19.1. The summed E-state index contributed by atoms with van der Waals surface area (Å²) >= 11 is 0. The SMILES string of the molecule is N#C/C(=C/c1ccc(C#N)cc1)C(=O)c1c[nH]c2cc(F)ccc12. The standard InChI is InChI=1S/C19H10FN3O/c20-15-5-6-16-17(11-23-18(16)8-15)19(24)14(10-22)7-12-1-3-13(9-21)4-2-12/h1-8,11,23H/b14-7-. The van der Waals surface area contributed by atoms with Gasteiger partial charge in [0.25, 0.3) is 0 Å². The van der Waals surface area contributed by atoms with Gasteiger partial charge in [0, 0.05) is 22.7 Å². The van der Waals surface area contributed by atoms with E-state index in [4.69, 9.17) is 5.26 Å². The minimum absolute atomic E-state index is 0.0371. The molecule has 3 rings (SSSR count). The zero-order valence-electron chi connectivity index (χ0n) is 12.4. The van der Waals surface area contributed by atoms with Gasteiger partial charge in [-0.05, 0) is 42.0 Å². The minimum Gasteiger partial charge on any atom is -0.360 e. The fraction of sp³-hybridized carbons (Fsp3) is 0. The molecule has 24 heavy (non-hydrogen) atoms. The van der Waals surface area contributed by atoms with Crippen molar-refractivity contribution in [3.63, 3.8) is 0 Å². The second-order valence-electron chi connectivity index (χ2n) is 5.13. The summed E-state index contributed by atoms with van der Waals surface area (Å²) in [6.45, 7) is 0. The second kappa shape index (κ2) is 6.20. The van der Waals surface area contributed by atoms with E-state index < -0.39 is 11.6 Å². The summed E-state index contributed by atoms with van der Waals surface area (Å²) in [6.07, 6.45) is 2.93. The zero-order valence-corrected chi connectivity index (χ0v) is 12.4. The van der Waals surface area contributed by atoms with Crippen LogP contribution in [0.3, 0.4) is 0 Å². The van der Waals surface area contributed by atoms with Crippen LogP contribution in [-0.4, -0.2) is 10.8 Å². The summed E-state index contributed by atoms with van der Waals surface area (Å²) in [5.74, 6) is -0.850. The summed E-state index contributed by atoms with van der Waals surface area (Å²) in [4.78, 5) is 15.4. The summed E-state index contributed by atoms with van der Waals surface area (Å²) in [6, 6.07) is 14.5. The average Bonchev–Trinajstić information content (AvgIpc) is 3.02. The molecule has 3 aromatic rings. The number of hydrogen-bond acceptors (Lipinski definition) is 3. The second-order valence-corrected chi connectivity index (χ2v) is 5.13. The van der Waals surface area contributed by atoms with Crippen molar-refractivity contribution in [2.24, 2.45) is 0 Å². The molecule has 0 saturated heterocycles. The molecule has 0 aliphatic carbocycles. The quantitative estimate of drug-likeness (QED) is 0.451. The number of carbonyl (C=O) groups excluding carboxylic acids is 1. The number of aromatic amines is 1. The Kier molecular flexibility index (Phi) is 3.93. The van der Waals surface area contributed by atoms with Crippen LogP contribution in [0.25, 0.3) is 17.0 Å². The van der Waals surface area contributed by atoms with Crippen LogP contribution in [0.5, 0.6) is 0 Å². The smallest absolute Gasteiger partial charge is 0.205 e. The first kappa shape index (κ1) is 15.2. The molecule has 4 nitrogen and oxygen atoms in total. The molecule has 0 saturated carbocycles. The van der Waals surface area contributed by atoms with Gasteiger partial charge >= 0.3 is 0 Å². The van der Waals surface area contributed by atoms with Gasteiger partial charge in [-0.25, -0.2) is 4.39 Å². The van der Waals surface area contributed by atoms with Gasteiger partial charge in [0.1, 0.15) is 17.5 Å². The van der Waals surface area contributed by atoms with E-state index in [1.54, 1.807) is 24.3 Å². The first-order chi connectivity index (χ1) is 11.6. The van der Waals surface area contributed by atoms with Gasteiger partial charge in [-0.1, -0.05) is 12.1 Å². The summed E-state index contributed by atoms with van der Waals surface area (Å²) in [5, 5.41) is 18.7. The Morgan fingerprint density at radius 3 is 2.54 bits per heavy atom. The monoisotopic (exact) mass is 315 g/mol. The van der Waals surface area contributed by atoms with Crippen molar-refractivity contribution in [1.29, 1.82) is 10.5 Å². The van der Waals surface area contributed by atoms with Gasteiger partial charge in [0.2, 0.25) is 5.78 Å². The van der Waals surface area contributed by atoms with Crippen molar-refractivity contribution in [1.82, 2.24) is 4.98 Å². The van der Waals surface area contributed by atoms with Crippen molar-refractivity contribution in [2.45, 2.75) is 0 Å². The van der Waals surface area contributed by atoms with Gasteiger partial charge in [-0.3, -0.25) is 4.79 Å². The van der Waals surface area contributed by atoms with Crippen LogP contribution >= 0.6 is 0 Å². The van der Waals surface area contributed by atoms with Crippen molar-refractivity contribution in [2.75, 3.05) is 0 Å². The maximum atomic E-state index is 13.2. The Morgan fingerprint density at radius 1 is 1.12 bits per heavy atom. The fourth-order valence-corrected chi connectivity index (χ4v) is 2.40. The molecule has 0 atom stereocenters. The number of allylic oxidation sites excluding steroid dienone is 1. The Balaban J connectivity index is 2.00. The highest BCUT2D eigenvalue weighted by Gasteiger charge is 2.17. The maximum Gasteiger partial charge on any atom is 0.205 e. The van der Waals surface area contributed by atoms with E-state index in [1.165, 1.54) is 30.5 Å². The number of halogens is 1. The summed E-state index contributed by atoms with van der Waals surface area (Å²) in [7, 11) is 0. The van der Waals surface area contributed by atoms with Crippen LogP contribution in [0.4, 0.5) is 4.39 Å². The highest BCUT2D eigenvalue weighted by molar-refractivity contribution is 6.19. The Morgan fingerprint density at radius 2 is 1.88 bits per heavy atom. The largest absolute Gasteiger partial charge is 0.360 e. The average molecular weight is 315 g/mol. The number of aromatic nitrogens is 1. The number of nitrogens with zero attached hydrogens (tertiary/aromatic N) is 2. The Bertz CT molecular complexity index is 1050. The number of ketones is 1. The summed E-state index contributed by atoms with van der Waals surface area (Å²) in [5.41, 5.74) is 1.91. The number of rotatable bonds is 3. The molecule has 0 fully saturated rings. The van der Waals surface area contributed by atoms with Crippen LogP contribution in [0.15, 0.2) is 54.2 Å². The van der Waals surface area contributed by atoms with Crippen LogP contribution in [0.2, 0.25) is 0 Å². The lowest BCUT2D eigenvalue weighted by molar-refractivity contribution is 0.104. The Labute approximate surface area is 137 Å². The third kappa shape index (κ3) is 2.79. The van der Waals surface area contributed by atoms with E-state index >= 15 is 0 Å². The van der Waals surface area contributed by atoms with Crippen molar-refractivity contribution >= 4 is 22.8 Å². The number of fused-ring (bicyclic) bond motifs is 1. The zero-order chi connectivity index (χ0) is 17.1. The number of Topliss-reactive ketones (excluding diaryl/α,β-unsaturated/α-hetero) is 1. The van der Waals surface area contributed by atoms with Gasteiger partial charge in [0.15, 0.2) is 0 Å².